The van der Waals surface area contributed by atoms with Crippen LogP contribution in [0.3, 0.4) is 0 Å². The Morgan fingerprint density at radius 2 is 1.41 bits per heavy atom. The van der Waals surface area contributed by atoms with Gasteiger partial charge in [0.2, 0.25) is 0 Å². The summed E-state index contributed by atoms with van der Waals surface area (Å²) in [5.74, 6) is 0. The van der Waals surface area contributed by atoms with Crippen LogP contribution in [0.15, 0.2) is 0 Å². The normalized spacial score (nSPS) is 46.4. The maximum atomic E-state index is 10.8. The monoisotopic (exact) mass is 422 g/mol. The highest BCUT2D eigenvalue weighted by Crippen LogP contribution is 2.37. The molecule has 15 heteroatoms. The van der Waals surface area contributed by atoms with E-state index in [1.165, 1.54) is 0 Å². The molecule has 0 amide bonds. The molecule has 0 radical (unpaired) electrons. The van der Waals surface area contributed by atoms with Crippen LogP contribution < -0.4 is 0 Å². The summed E-state index contributed by atoms with van der Waals surface area (Å²) in [5, 5.41) is 68.4. The van der Waals surface area contributed by atoms with Crippen LogP contribution in [-0.2, 0) is 23.3 Å². The van der Waals surface area contributed by atoms with Gasteiger partial charge in [0.05, 0.1) is 13.2 Å². The number of hydrogen-bond donors (Lipinski definition) is 9. The molecule has 2 aliphatic heterocycles. The van der Waals surface area contributed by atoms with Crippen molar-refractivity contribution in [3.63, 3.8) is 0 Å². The van der Waals surface area contributed by atoms with Crippen molar-refractivity contribution in [3.05, 3.63) is 0 Å². The van der Waals surface area contributed by atoms with E-state index in [2.05, 4.69) is 4.52 Å². The highest BCUT2D eigenvalue weighted by Gasteiger charge is 2.50. The molecule has 0 spiro atoms. The van der Waals surface area contributed by atoms with Gasteiger partial charge in [-0.1, -0.05) is 0 Å². The van der Waals surface area contributed by atoms with Gasteiger partial charge in [0, 0.05) is 0 Å². The topological polar surface area (TPSA) is 236 Å². The van der Waals surface area contributed by atoms with Crippen molar-refractivity contribution in [2.45, 2.75) is 61.4 Å². The second kappa shape index (κ2) is 9.02. The number of rotatable bonds is 6. The SMILES string of the molecule is O=P(O)(O)OC[C@H]1O[C@H](O[C@@H]2[C@@H](O)[C@H](O)[C@@H](CO)O[C@@H]2O)[C@H](O)[C@@H](O)[C@@H]1O. The molecule has 0 saturated carbocycles. The smallest absolute Gasteiger partial charge is 0.394 e. The zero-order valence-corrected chi connectivity index (χ0v) is 14.6. The lowest BCUT2D eigenvalue weighted by Crippen LogP contribution is -2.64. The molecule has 14 nitrogen and oxygen atoms in total. The lowest BCUT2D eigenvalue weighted by molar-refractivity contribution is -0.361. The minimum Gasteiger partial charge on any atom is -0.394 e. The third-order valence-corrected chi connectivity index (χ3v) is 4.69. The van der Waals surface area contributed by atoms with Crippen LogP contribution in [0, 0.1) is 0 Å². The van der Waals surface area contributed by atoms with Crippen molar-refractivity contribution in [3.8, 4) is 0 Å². The minimum atomic E-state index is -4.92. The van der Waals surface area contributed by atoms with Crippen molar-refractivity contribution in [1.29, 1.82) is 0 Å². The van der Waals surface area contributed by atoms with Gasteiger partial charge in [-0.3, -0.25) is 4.52 Å². The predicted octanol–water partition coefficient (Wildman–Crippen LogP) is -5.28. The Morgan fingerprint density at radius 3 is 1.96 bits per heavy atom. The number of phosphoric ester groups is 1. The second-order valence-electron chi connectivity index (χ2n) is 6.13. The molecule has 0 unspecified atom stereocenters. The zero-order valence-electron chi connectivity index (χ0n) is 13.7. The quantitative estimate of drug-likeness (QED) is 0.182. The molecule has 2 rings (SSSR count). The fourth-order valence-corrected chi connectivity index (χ4v) is 3.05. The van der Waals surface area contributed by atoms with Gasteiger partial charge in [-0.2, -0.15) is 0 Å². The van der Waals surface area contributed by atoms with E-state index in [0.717, 1.165) is 0 Å². The van der Waals surface area contributed by atoms with Crippen molar-refractivity contribution in [2.24, 2.45) is 0 Å². The largest absolute Gasteiger partial charge is 0.469 e. The van der Waals surface area contributed by atoms with E-state index in [-0.39, 0.29) is 0 Å². The van der Waals surface area contributed by atoms with Crippen LogP contribution in [-0.4, -0.2) is 120 Å². The van der Waals surface area contributed by atoms with Crippen molar-refractivity contribution < 1.29 is 68.8 Å². The molecular weight excluding hydrogens is 399 g/mol. The van der Waals surface area contributed by atoms with E-state index in [0.29, 0.717) is 0 Å². The third kappa shape index (κ3) is 5.41. The molecule has 160 valence electrons. The first-order valence-corrected chi connectivity index (χ1v) is 9.35. The summed E-state index contributed by atoms with van der Waals surface area (Å²) in [6.45, 7) is -1.59. The number of phosphoric acid groups is 1. The Balaban J connectivity index is 2.08. The van der Waals surface area contributed by atoms with Gasteiger partial charge in [-0.05, 0) is 0 Å². The molecular formula is C12H23O14P. The Bertz CT molecular complexity index is 528. The van der Waals surface area contributed by atoms with Gasteiger partial charge in [0.1, 0.15) is 48.8 Å². The number of aliphatic hydroxyl groups excluding tert-OH is 7. The molecule has 10 atom stereocenters. The summed E-state index contributed by atoms with van der Waals surface area (Å²) in [4.78, 5) is 17.4. The molecule has 9 N–H and O–H groups in total. The standard InChI is InChI=1S/C12H23O14P/c13-1-3-5(14)8(17)10(11(19)24-3)26-12-9(18)7(16)6(15)4(25-12)2-23-27(20,21)22/h3-19H,1-2H2,(H2,20,21,22)/t3-,4-,5-,6-,7+,8+,9-,10-,11+,12-/m1/s1. The van der Waals surface area contributed by atoms with Crippen LogP contribution in [0.25, 0.3) is 0 Å². The van der Waals surface area contributed by atoms with Gasteiger partial charge in [-0.25, -0.2) is 4.57 Å². The van der Waals surface area contributed by atoms with E-state index in [1.807, 2.05) is 0 Å². The summed E-state index contributed by atoms with van der Waals surface area (Å²) in [5.41, 5.74) is 0. The van der Waals surface area contributed by atoms with E-state index in [9.17, 15) is 35.2 Å². The van der Waals surface area contributed by atoms with Crippen LogP contribution in [0.5, 0.6) is 0 Å². The van der Waals surface area contributed by atoms with Crippen LogP contribution in [0.4, 0.5) is 0 Å². The molecule has 0 aromatic rings. The maximum Gasteiger partial charge on any atom is 0.469 e. The van der Waals surface area contributed by atoms with Gasteiger partial charge >= 0.3 is 7.82 Å². The molecule has 27 heavy (non-hydrogen) atoms. The van der Waals surface area contributed by atoms with Gasteiger partial charge in [0.15, 0.2) is 12.6 Å². The van der Waals surface area contributed by atoms with Gasteiger partial charge < -0.3 is 59.7 Å². The number of aliphatic hydroxyl groups is 7. The van der Waals surface area contributed by atoms with Crippen LogP contribution in [0.2, 0.25) is 0 Å². The summed E-state index contributed by atoms with van der Waals surface area (Å²) in [7, 11) is -4.92. The summed E-state index contributed by atoms with van der Waals surface area (Å²) < 4.78 is 30.1. The molecule has 0 bridgehead atoms. The number of hydrogen-bond acceptors (Lipinski definition) is 12. The van der Waals surface area contributed by atoms with Crippen molar-refractivity contribution in [1.82, 2.24) is 0 Å². The first-order valence-electron chi connectivity index (χ1n) is 7.82. The lowest BCUT2D eigenvalue weighted by Gasteiger charge is -2.45. The summed E-state index contributed by atoms with van der Waals surface area (Å²) >= 11 is 0. The van der Waals surface area contributed by atoms with Gasteiger partial charge in [0.25, 0.3) is 0 Å². The van der Waals surface area contributed by atoms with Crippen molar-refractivity contribution in [2.75, 3.05) is 13.2 Å². The average Bonchev–Trinajstić information content (AvgIpc) is 2.59. The number of ether oxygens (including phenoxy) is 3. The van der Waals surface area contributed by atoms with E-state index in [1.54, 1.807) is 0 Å². The zero-order chi connectivity index (χ0) is 20.5. The molecule has 2 heterocycles. The van der Waals surface area contributed by atoms with Gasteiger partial charge in [-0.15, -0.1) is 0 Å². The molecule has 0 aliphatic carbocycles. The molecule has 0 aromatic heterocycles. The Labute approximate surface area is 152 Å². The maximum absolute atomic E-state index is 10.8. The lowest BCUT2D eigenvalue weighted by atomic mass is 9.97. The fraction of sp³-hybridized carbons (Fsp3) is 1.00. The molecule has 2 saturated heterocycles. The first-order chi connectivity index (χ1) is 12.5. The average molecular weight is 422 g/mol. The van der Waals surface area contributed by atoms with Crippen LogP contribution >= 0.6 is 7.82 Å². The third-order valence-electron chi connectivity index (χ3n) is 4.21. The van der Waals surface area contributed by atoms with E-state index < -0.39 is 82.4 Å². The molecule has 0 aromatic carbocycles. The Hall–Kier alpha value is -0.290. The Kier molecular flexibility index (Phi) is 7.68. The Morgan fingerprint density at radius 1 is 0.815 bits per heavy atom. The molecule has 2 fully saturated rings. The summed E-state index contributed by atoms with van der Waals surface area (Å²) in [6, 6.07) is 0. The predicted molar refractivity (Wildman–Crippen MR) is 79.5 cm³/mol. The fourth-order valence-electron chi connectivity index (χ4n) is 2.71. The highest BCUT2D eigenvalue weighted by atomic mass is 31.2. The summed E-state index contributed by atoms with van der Waals surface area (Å²) in [6.07, 6.45) is -17.2. The highest BCUT2D eigenvalue weighted by molar-refractivity contribution is 7.46. The first kappa shape index (κ1) is 23.0. The van der Waals surface area contributed by atoms with Crippen LogP contribution in [0.1, 0.15) is 0 Å². The minimum absolute atomic E-state index is 0.711. The second-order valence-corrected chi connectivity index (χ2v) is 7.37. The van der Waals surface area contributed by atoms with Crippen molar-refractivity contribution >= 4 is 7.82 Å². The molecule has 2 aliphatic rings. The van der Waals surface area contributed by atoms with E-state index >= 15 is 0 Å². The van der Waals surface area contributed by atoms with E-state index in [4.69, 9.17) is 29.1 Å².